The third-order valence-corrected chi connectivity index (χ3v) is 4.73. The third kappa shape index (κ3) is 3.38. The van der Waals surface area contributed by atoms with Crippen molar-refractivity contribution in [2.75, 3.05) is 5.84 Å². The van der Waals surface area contributed by atoms with Crippen LogP contribution in [0.25, 0.3) is 11.4 Å². The zero-order chi connectivity index (χ0) is 16.2. The van der Waals surface area contributed by atoms with E-state index < -0.39 is 0 Å². The molecule has 1 heterocycles. The van der Waals surface area contributed by atoms with Crippen LogP contribution in [0.1, 0.15) is 11.1 Å². The van der Waals surface area contributed by atoms with E-state index in [0.717, 1.165) is 15.6 Å². The largest absolute Gasteiger partial charge is 0.335 e. The van der Waals surface area contributed by atoms with Gasteiger partial charge < -0.3 is 5.84 Å². The third-order valence-electron chi connectivity index (χ3n) is 3.24. The number of hydrogen-bond acceptors (Lipinski definition) is 5. The van der Waals surface area contributed by atoms with E-state index in [-0.39, 0.29) is 0 Å². The fourth-order valence-electron chi connectivity index (χ4n) is 2.10. The molecular formula is C16H12BrN5S. The number of nitrogens with two attached hydrogens (primary N) is 1. The summed E-state index contributed by atoms with van der Waals surface area (Å²) in [6, 6.07) is 17.4. The van der Waals surface area contributed by atoms with Crippen LogP contribution in [0.5, 0.6) is 0 Å². The summed E-state index contributed by atoms with van der Waals surface area (Å²) < 4.78 is 2.43. The lowest BCUT2D eigenvalue weighted by Crippen LogP contribution is -2.11. The molecule has 3 aromatic rings. The van der Waals surface area contributed by atoms with E-state index in [1.165, 1.54) is 16.4 Å². The van der Waals surface area contributed by atoms with Gasteiger partial charge in [0.1, 0.15) is 0 Å². The van der Waals surface area contributed by atoms with Crippen molar-refractivity contribution < 1.29 is 0 Å². The first-order valence-electron chi connectivity index (χ1n) is 6.76. The molecule has 0 amide bonds. The Balaban J connectivity index is 1.82. The van der Waals surface area contributed by atoms with E-state index in [2.05, 4.69) is 32.2 Å². The minimum atomic E-state index is 0.599. The van der Waals surface area contributed by atoms with Crippen molar-refractivity contribution in [3.8, 4) is 17.5 Å². The molecule has 5 nitrogen and oxygen atoms in total. The van der Waals surface area contributed by atoms with Crippen molar-refractivity contribution in [3.63, 3.8) is 0 Å². The summed E-state index contributed by atoms with van der Waals surface area (Å²) >= 11 is 4.88. The Bertz CT molecular complexity index is 884. The molecule has 7 heteroatoms. The predicted molar refractivity (Wildman–Crippen MR) is 94.0 cm³/mol. The first kappa shape index (κ1) is 15.6. The van der Waals surface area contributed by atoms with E-state index >= 15 is 0 Å². The van der Waals surface area contributed by atoms with Crippen LogP contribution in [-0.2, 0) is 5.75 Å². The molecule has 3 rings (SSSR count). The van der Waals surface area contributed by atoms with E-state index in [9.17, 15) is 0 Å². The molecule has 23 heavy (non-hydrogen) atoms. The summed E-state index contributed by atoms with van der Waals surface area (Å²) in [5, 5.41) is 18.0. The highest BCUT2D eigenvalue weighted by molar-refractivity contribution is 9.10. The van der Waals surface area contributed by atoms with Crippen LogP contribution in [0.2, 0.25) is 0 Å². The summed E-state index contributed by atoms with van der Waals surface area (Å²) in [6.45, 7) is 0. The van der Waals surface area contributed by atoms with Gasteiger partial charge >= 0.3 is 0 Å². The van der Waals surface area contributed by atoms with Gasteiger partial charge in [-0.3, -0.25) is 0 Å². The smallest absolute Gasteiger partial charge is 0.210 e. The van der Waals surface area contributed by atoms with Crippen LogP contribution in [-0.4, -0.2) is 14.9 Å². The average molecular weight is 386 g/mol. The lowest BCUT2D eigenvalue weighted by Gasteiger charge is -2.05. The molecule has 0 radical (unpaired) electrons. The summed E-state index contributed by atoms with van der Waals surface area (Å²) in [6.07, 6.45) is 0. The molecule has 0 unspecified atom stereocenters. The van der Waals surface area contributed by atoms with Crippen LogP contribution < -0.4 is 5.84 Å². The number of benzene rings is 2. The summed E-state index contributed by atoms with van der Waals surface area (Å²) in [7, 11) is 0. The maximum atomic E-state index is 9.13. The molecule has 0 spiro atoms. The van der Waals surface area contributed by atoms with Gasteiger partial charge in [-0.15, -0.1) is 10.2 Å². The van der Waals surface area contributed by atoms with Crippen LogP contribution >= 0.6 is 27.7 Å². The summed E-state index contributed by atoms with van der Waals surface area (Å²) in [5.74, 6) is 7.32. The van der Waals surface area contributed by atoms with E-state index in [0.29, 0.717) is 22.3 Å². The minimum absolute atomic E-state index is 0.599. The Morgan fingerprint density at radius 2 is 2.00 bits per heavy atom. The Morgan fingerprint density at radius 1 is 1.17 bits per heavy atom. The molecule has 0 aliphatic rings. The Kier molecular flexibility index (Phi) is 4.65. The van der Waals surface area contributed by atoms with E-state index in [1.807, 2.05) is 42.5 Å². The van der Waals surface area contributed by atoms with Gasteiger partial charge in [0.05, 0.1) is 11.6 Å². The Hall–Kier alpha value is -2.30. The molecule has 0 atom stereocenters. The van der Waals surface area contributed by atoms with Crippen molar-refractivity contribution in [3.05, 3.63) is 64.1 Å². The lowest BCUT2D eigenvalue weighted by atomic mass is 10.1. The van der Waals surface area contributed by atoms with Gasteiger partial charge in [-0.25, -0.2) is 4.68 Å². The van der Waals surface area contributed by atoms with Gasteiger partial charge in [0.25, 0.3) is 0 Å². The van der Waals surface area contributed by atoms with Crippen LogP contribution in [0.15, 0.2) is 58.2 Å². The Morgan fingerprint density at radius 3 is 2.78 bits per heavy atom. The molecule has 2 aromatic carbocycles. The molecule has 0 aliphatic carbocycles. The predicted octanol–water partition coefficient (Wildman–Crippen LogP) is 3.59. The van der Waals surface area contributed by atoms with E-state index in [1.54, 1.807) is 6.07 Å². The van der Waals surface area contributed by atoms with Crippen LogP contribution in [0.4, 0.5) is 0 Å². The molecule has 0 fully saturated rings. The fourth-order valence-corrected chi connectivity index (χ4v) is 3.36. The molecule has 0 saturated carbocycles. The summed E-state index contributed by atoms with van der Waals surface area (Å²) in [5.41, 5.74) is 2.50. The number of nitrogens with zero attached hydrogens (tertiary/aromatic N) is 4. The molecule has 1 aromatic heterocycles. The molecule has 0 aliphatic heterocycles. The SMILES string of the molecule is N#Cc1ccccc1CSc1nnc(-c2cccc(Br)c2)n1N. The number of thioether (sulfide) groups is 1. The van der Waals surface area contributed by atoms with Crippen molar-refractivity contribution in [1.82, 2.24) is 14.9 Å². The quantitative estimate of drug-likeness (QED) is 0.548. The number of halogens is 1. The average Bonchev–Trinajstić information content (AvgIpc) is 2.94. The number of hydrogen-bond donors (Lipinski definition) is 1. The number of nitriles is 1. The first-order chi connectivity index (χ1) is 11.2. The topological polar surface area (TPSA) is 80.5 Å². The molecule has 114 valence electrons. The number of aromatic nitrogens is 3. The van der Waals surface area contributed by atoms with E-state index in [4.69, 9.17) is 11.1 Å². The molecular weight excluding hydrogens is 374 g/mol. The Labute approximate surface area is 146 Å². The van der Waals surface area contributed by atoms with Crippen molar-refractivity contribution in [2.45, 2.75) is 10.9 Å². The zero-order valence-corrected chi connectivity index (χ0v) is 14.4. The number of rotatable bonds is 4. The van der Waals surface area contributed by atoms with Crippen molar-refractivity contribution >= 4 is 27.7 Å². The van der Waals surface area contributed by atoms with Crippen molar-refractivity contribution in [2.24, 2.45) is 0 Å². The van der Waals surface area contributed by atoms with Crippen LogP contribution in [0, 0.1) is 11.3 Å². The van der Waals surface area contributed by atoms with Gasteiger partial charge in [-0.2, -0.15) is 5.26 Å². The second-order valence-electron chi connectivity index (χ2n) is 4.74. The normalized spacial score (nSPS) is 10.4. The van der Waals surface area contributed by atoms with Crippen molar-refractivity contribution in [1.29, 1.82) is 5.26 Å². The fraction of sp³-hybridized carbons (Fsp3) is 0.0625. The standard InChI is InChI=1S/C16H12BrN5S/c17-14-7-3-6-11(8-14)15-20-21-16(22(15)19)23-10-13-5-2-1-4-12(13)9-18/h1-8H,10,19H2. The van der Waals surface area contributed by atoms with Gasteiger partial charge in [-0.05, 0) is 23.8 Å². The summed E-state index contributed by atoms with van der Waals surface area (Å²) in [4.78, 5) is 0. The highest BCUT2D eigenvalue weighted by atomic mass is 79.9. The maximum absolute atomic E-state index is 9.13. The monoisotopic (exact) mass is 385 g/mol. The van der Waals surface area contributed by atoms with Gasteiger partial charge in [0.15, 0.2) is 5.82 Å². The van der Waals surface area contributed by atoms with Gasteiger partial charge in [0, 0.05) is 15.8 Å². The maximum Gasteiger partial charge on any atom is 0.210 e. The number of nitrogen functional groups attached to an aromatic ring is 1. The minimum Gasteiger partial charge on any atom is -0.335 e. The first-order valence-corrected chi connectivity index (χ1v) is 8.54. The second kappa shape index (κ2) is 6.86. The second-order valence-corrected chi connectivity index (χ2v) is 6.60. The molecule has 0 bridgehead atoms. The molecule has 0 saturated heterocycles. The highest BCUT2D eigenvalue weighted by Gasteiger charge is 2.13. The van der Waals surface area contributed by atoms with Gasteiger partial charge in [-0.1, -0.05) is 58.0 Å². The zero-order valence-electron chi connectivity index (χ0n) is 12.0. The van der Waals surface area contributed by atoms with Gasteiger partial charge in [0.2, 0.25) is 5.16 Å². The molecule has 2 N–H and O–H groups in total. The lowest BCUT2D eigenvalue weighted by molar-refractivity contribution is 0.849. The van der Waals surface area contributed by atoms with Crippen LogP contribution in [0.3, 0.4) is 0 Å². The highest BCUT2D eigenvalue weighted by Crippen LogP contribution is 2.26.